The van der Waals surface area contributed by atoms with E-state index in [0.717, 1.165) is 49.0 Å². The number of nitrogens with one attached hydrogen (secondary N) is 1. The van der Waals surface area contributed by atoms with Gasteiger partial charge in [0.2, 0.25) is 0 Å². The number of hydrogen-bond acceptors (Lipinski definition) is 6. The molecule has 0 spiro atoms. The molecule has 2 atom stereocenters. The first-order valence-electron chi connectivity index (χ1n) is 12.7. The Morgan fingerprint density at radius 1 is 1.06 bits per heavy atom. The number of furan rings is 1. The number of amides is 1. The number of carbonyl (C=O) groups excluding carboxylic acids is 2. The van der Waals surface area contributed by atoms with E-state index < -0.39 is 11.7 Å². The van der Waals surface area contributed by atoms with Gasteiger partial charge in [-0.1, -0.05) is 45.0 Å². The Morgan fingerprint density at radius 2 is 1.75 bits per heavy atom. The molecular formula is C29H34N2O5. The summed E-state index contributed by atoms with van der Waals surface area (Å²) in [5.74, 6) is 0.567. The molecule has 3 heterocycles. The Bertz CT molecular complexity index is 1280. The lowest BCUT2D eigenvalue weighted by Gasteiger charge is -2.31. The Morgan fingerprint density at radius 3 is 2.42 bits per heavy atom. The molecule has 0 aliphatic carbocycles. The number of likely N-dealkylation sites (tertiary alicyclic amines) is 1. The molecule has 2 saturated heterocycles. The lowest BCUT2D eigenvalue weighted by Crippen LogP contribution is -2.44. The first-order chi connectivity index (χ1) is 17.2. The SMILES string of the molecule is Cc1oc(C(C)(C)C)cc1C(=O)C(=O)Nc1ccc(OCCN2CC3CCC(C2)O3)c2ccccc12. The van der Waals surface area contributed by atoms with Gasteiger partial charge in [0.1, 0.15) is 23.9 Å². The molecule has 1 amide bonds. The van der Waals surface area contributed by atoms with E-state index in [1.807, 2.05) is 51.1 Å². The van der Waals surface area contributed by atoms with Gasteiger partial charge in [-0.3, -0.25) is 14.5 Å². The maximum Gasteiger partial charge on any atom is 0.296 e. The van der Waals surface area contributed by atoms with Gasteiger partial charge in [-0.25, -0.2) is 0 Å². The van der Waals surface area contributed by atoms with Crippen molar-refractivity contribution in [3.8, 4) is 5.75 Å². The number of anilines is 1. The number of nitrogens with zero attached hydrogens (tertiary/aromatic N) is 1. The zero-order valence-corrected chi connectivity index (χ0v) is 21.4. The molecule has 7 nitrogen and oxygen atoms in total. The van der Waals surface area contributed by atoms with Gasteiger partial charge in [-0.15, -0.1) is 0 Å². The molecular weight excluding hydrogens is 456 g/mol. The third kappa shape index (κ3) is 5.04. The normalized spacial score (nSPS) is 20.0. The van der Waals surface area contributed by atoms with E-state index in [1.54, 1.807) is 19.1 Å². The molecule has 36 heavy (non-hydrogen) atoms. The van der Waals surface area contributed by atoms with Gasteiger partial charge in [0.05, 0.1) is 17.8 Å². The molecule has 2 fully saturated rings. The van der Waals surface area contributed by atoms with Crippen LogP contribution in [0.25, 0.3) is 10.8 Å². The van der Waals surface area contributed by atoms with Crippen molar-refractivity contribution in [1.82, 2.24) is 4.90 Å². The van der Waals surface area contributed by atoms with Crippen LogP contribution in [0.15, 0.2) is 46.9 Å². The summed E-state index contributed by atoms with van der Waals surface area (Å²) in [5, 5.41) is 4.51. The Balaban J connectivity index is 1.28. The highest BCUT2D eigenvalue weighted by Gasteiger charge is 2.33. The molecule has 1 aromatic heterocycles. The number of fused-ring (bicyclic) bond motifs is 3. The molecule has 0 saturated carbocycles. The molecule has 2 aromatic carbocycles. The second kappa shape index (κ2) is 9.71. The average Bonchev–Trinajstić information content (AvgIpc) is 3.41. The monoisotopic (exact) mass is 490 g/mol. The summed E-state index contributed by atoms with van der Waals surface area (Å²) in [5.41, 5.74) is 0.601. The fourth-order valence-electron chi connectivity index (χ4n) is 5.05. The lowest BCUT2D eigenvalue weighted by atomic mass is 9.93. The van der Waals surface area contributed by atoms with Gasteiger partial charge in [-0.2, -0.15) is 0 Å². The van der Waals surface area contributed by atoms with E-state index in [9.17, 15) is 9.59 Å². The van der Waals surface area contributed by atoms with Crippen LogP contribution in [0.1, 0.15) is 55.5 Å². The van der Waals surface area contributed by atoms with Crippen molar-refractivity contribution in [3.05, 3.63) is 59.5 Å². The van der Waals surface area contributed by atoms with Gasteiger partial charge >= 0.3 is 0 Å². The number of benzene rings is 2. The van der Waals surface area contributed by atoms with E-state index >= 15 is 0 Å². The predicted molar refractivity (Wildman–Crippen MR) is 139 cm³/mol. The van der Waals surface area contributed by atoms with Crippen molar-refractivity contribution in [2.75, 3.05) is 31.6 Å². The summed E-state index contributed by atoms with van der Waals surface area (Å²) in [6.45, 7) is 11.1. The summed E-state index contributed by atoms with van der Waals surface area (Å²) in [7, 11) is 0. The van der Waals surface area contributed by atoms with E-state index in [1.165, 1.54) is 0 Å². The first-order valence-corrected chi connectivity index (χ1v) is 12.7. The molecule has 3 aromatic rings. The average molecular weight is 491 g/mol. The highest BCUT2D eigenvalue weighted by atomic mass is 16.5. The van der Waals surface area contributed by atoms with Crippen LogP contribution in [-0.4, -0.2) is 55.0 Å². The van der Waals surface area contributed by atoms with Crippen LogP contribution in [0.3, 0.4) is 0 Å². The largest absolute Gasteiger partial charge is 0.492 e. The van der Waals surface area contributed by atoms with E-state index in [0.29, 0.717) is 41.6 Å². The van der Waals surface area contributed by atoms with Crippen LogP contribution in [0, 0.1) is 6.92 Å². The summed E-state index contributed by atoms with van der Waals surface area (Å²) < 4.78 is 17.8. The van der Waals surface area contributed by atoms with Crippen molar-refractivity contribution in [2.24, 2.45) is 0 Å². The third-order valence-corrected chi connectivity index (χ3v) is 7.02. The molecule has 7 heteroatoms. The zero-order chi connectivity index (χ0) is 25.4. The van der Waals surface area contributed by atoms with E-state index in [2.05, 4.69) is 10.2 Å². The van der Waals surface area contributed by atoms with Crippen molar-refractivity contribution in [3.63, 3.8) is 0 Å². The third-order valence-electron chi connectivity index (χ3n) is 7.02. The summed E-state index contributed by atoms with van der Waals surface area (Å²) in [6.07, 6.45) is 3.03. The number of ether oxygens (including phenoxy) is 2. The number of carbonyl (C=O) groups is 2. The van der Waals surface area contributed by atoms with Crippen LogP contribution in [-0.2, 0) is 14.9 Å². The second-order valence-corrected chi connectivity index (χ2v) is 10.8. The fraction of sp³-hybridized carbons (Fsp3) is 0.448. The number of aryl methyl sites for hydroxylation is 1. The van der Waals surface area contributed by atoms with Crippen LogP contribution in [0.5, 0.6) is 5.75 Å². The van der Waals surface area contributed by atoms with Crippen molar-refractivity contribution in [1.29, 1.82) is 0 Å². The number of Topliss-reactive ketones (excluding diaryl/α,β-unsaturated/α-hetero) is 1. The standard InChI is InChI=1S/C29H34N2O5/c1-18-23(15-26(35-18)29(2,3)4)27(32)28(33)30-24-11-12-25(22-8-6-5-7-21(22)24)34-14-13-31-16-19-9-10-20(17-31)36-19/h5-8,11-12,15,19-20H,9-10,13-14,16-17H2,1-4H3,(H,30,33). The van der Waals surface area contributed by atoms with Crippen molar-refractivity contribution >= 4 is 28.2 Å². The van der Waals surface area contributed by atoms with Crippen molar-refractivity contribution < 1.29 is 23.5 Å². The van der Waals surface area contributed by atoms with Crippen LogP contribution < -0.4 is 10.1 Å². The quantitative estimate of drug-likeness (QED) is 0.367. The summed E-state index contributed by atoms with van der Waals surface area (Å²) in [4.78, 5) is 28.3. The molecule has 2 bridgehead atoms. The topological polar surface area (TPSA) is 81.0 Å². The molecule has 190 valence electrons. The summed E-state index contributed by atoms with van der Waals surface area (Å²) >= 11 is 0. The molecule has 2 aliphatic heterocycles. The molecule has 2 unspecified atom stereocenters. The Hall–Kier alpha value is -3.16. The zero-order valence-electron chi connectivity index (χ0n) is 21.4. The van der Waals surface area contributed by atoms with E-state index in [-0.39, 0.29) is 5.41 Å². The number of hydrogen-bond donors (Lipinski definition) is 1. The van der Waals surface area contributed by atoms with Crippen LogP contribution >= 0.6 is 0 Å². The van der Waals surface area contributed by atoms with E-state index in [4.69, 9.17) is 13.9 Å². The van der Waals surface area contributed by atoms with Gasteiger partial charge < -0.3 is 19.2 Å². The minimum Gasteiger partial charge on any atom is -0.492 e. The number of morpholine rings is 1. The molecule has 5 rings (SSSR count). The van der Waals surface area contributed by atoms with Gasteiger partial charge in [0, 0.05) is 41.5 Å². The van der Waals surface area contributed by atoms with Crippen LogP contribution in [0.2, 0.25) is 0 Å². The van der Waals surface area contributed by atoms with Crippen LogP contribution in [0.4, 0.5) is 5.69 Å². The van der Waals surface area contributed by atoms with Crippen molar-refractivity contribution in [2.45, 2.75) is 58.2 Å². The number of ketones is 1. The Kier molecular flexibility index (Phi) is 6.62. The highest BCUT2D eigenvalue weighted by molar-refractivity contribution is 6.47. The lowest BCUT2D eigenvalue weighted by molar-refractivity contribution is -0.112. The van der Waals surface area contributed by atoms with Gasteiger partial charge in [-0.05, 0) is 38.0 Å². The maximum absolute atomic E-state index is 12.9. The minimum absolute atomic E-state index is 0.257. The maximum atomic E-state index is 12.9. The highest BCUT2D eigenvalue weighted by Crippen LogP contribution is 2.33. The number of rotatable bonds is 7. The smallest absolute Gasteiger partial charge is 0.296 e. The van der Waals surface area contributed by atoms with Gasteiger partial charge in [0.15, 0.2) is 0 Å². The molecule has 0 radical (unpaired) electrons. The minimum atomic E-state index is -0.694. The fourth-order valence-corrected chi connectivity index (χ4v) is 5.05. The predicted octanol–water partition coefficient (Wildman–Crippen LogP) is 5.10. The van der Waals surface area contributed by atoms with Gasteiger partial charge in [0.25, 0.3) is 11.7 Å². The molecule has 1 N–H and O–H groups in total. The molecule has 2 aliphatic rings. The second-order valence-electron chi connectivity index (χ2n) is 10.8. The first kappa shape index (κ1) is 24.5. The summed E-state index contributed by atoms with van der Waals surface area (Å²) in [6, 6.07) is 13.0. The Labute approximate surface area is 211 Å².